The molecule has 2 rings (SSSR count). The fourth-order valence-corrected chi connectivity index (χ4v) is 2.18. The van der Waals surface area contributed by atoms with Crippen molar-refractivity contribution in [2.75, 3.05) is 19.5 Å². The van der Waals surface area contributed by atoms with E-state index in [1.807, 2.05) is 27.7 Å². The van der Waals surface area contributed by atoms with Crippen molar-refractivity contribution in [3.05, 3.63) is 35.7 Å². The molecule has 2 aromatic rings. The number of benzene rings is 1. The molecule has 0 saturated carbocycles. The van der Waals surface area contributed by atoms with Gasteiger partial charge in [0.25, 0.3) is 5.91 Å². The van der Waals surface area contributed by atoms with Gasteiger partial charge in [-0.05, 0) is 45.9 Å². The van der Waals surface area contributed by atoms with Crippen LogP contribution in [0.4, 0.5) is 11.6 Å². The summed E-state index contributed by atoms with van der Waals surface area (Å²) in [6, 6.07) is 7.00. The lowest BCUT2D eigenvalue weighted by atomic mass is 10.1. The van der Waals surface area contributed by atoms with E-state index in [1.54, 1.807) is 38.5 Å². The van der Waals surface area contributed by atoms with Gasteiger partial charge in [0, 0.05) is 17.3 Å². The summed E-state index contributed by atoms with van der Waals surface area (Å²) in [5.74, 6) is 1.34. The molecule has 0 radical (unpaired) electrons. The monoisotopic (exact) mass is 344 g/mol. The van der Waals surface area contributed by atoms with Gasteiger partial charge in [0.2, 0.25) is 5.95 Å². The minimum Gasteiger partial charge on any atom is -0.497 e. The van der Waals surface area contributed by atoms with Gasteiger partial charge in [-0.1, -0.05) is 0 Å². The maximum atomic E-state index is 12.4. The highest BCUT2D eigenvalue weighted by Crippen LogP contribution is 2.30. The number of hydrogen-bond donors (Lipinski definition) is 2. The van der Waals surface area contributed by atoms with E-state index in [1.165, 1.54) is 0 Å². The van der Waals surface area contributed by atoms with Gasteiger partial charge in [-0.15, -0.1) is 0 Å². The minimum atomic E-state index is -0.348. The van der Waals surface area contributed by atoms with Crippen molar-refractivity contribution < 1.29 is 14.3 Å². The van der Waals surface area contributed by atoms with Crippen LogP contribution in [0.15, 0.2) is 24.3 Å². The van der Waals surface area contributed by atoms with Crippen molar-refractivity contribution in [2.24, 2.45) is 0 Å². The number of hydrogen-bond acceptors (Lipinski definition) is 6. The Hall–Kier alpha value is -2.83. The quantitative estimate of drug-likeness (QED) is 0.867. The number of nitrogens with one attached hydrogen (secondary N) is 2. The van der Waals surface area contributed by atoms with Crippen molar-refractivity contribution in [2.45, 2.75) is 33.2 Å². The topological polar surface area (TPSA) is 85.4 Å². The van der Waals surface area contributed by atoms with Gasteiger partial charge >= 0.3 is 0 Å². The van der Waals surface area contributed by atoms with Crippen LogP contribution in [0.25, 0.3) is 0 Å². The summed E-state index contributed by atoms with van der Waals surface area (Å²) in [5, 5.41) is 5.98. The Kier molecular flexibility index (Phi) is 5.46. The molecule has 0 unspecified atom stereocenters. The van der Waals surface area contributed by atoms with Crippen LogP contribution in [0.5, 0.6) is 11.5 Å². The van der Waals surface area contributed by atoms with Crippen LogP contribution in [0.3, 0.4) is 0 Å². The van der Waals surface area contributed by atoms with Crippen LogP contribution in [-0.4, -0.2) is 35.6 Å². The molecule has 0 saturated heterocycles. The number of aryl methyl sites for hydroxylation is 1. The van der Waals surface area contributed by atoms with Gasteiger partial charge in [0.05, 0.1) is 19.9 Å². The molecule has 1 aromatic carbocycles. The Balaban J connectivity index is 2.33. The molecular weight excluding hydrogens is 320 g/mol. The van der Waals surface area contributed by atoms with Gasteiger partial charge in [-0.3, -0.25) is 4.79 Å². The normalized spacial score (nSPS) is 11.0. The van der Waals surface area contributed by atoms with E-state index in [-0.39, 0.29) is 11.4 Å². The molecule has 7 nitrogen and oxygen atoms in total. The summed E-state index contributed by atoms with van der Waals surface area (Å²) < 4.78 is 10.6. The van der Waals surface area contributed by atoms with Gasteiger partial charge in [0.15, 0.2) is 0 Å². The average molecular weight is 344 g/mol. The molecule has 0 bridgehead atoms. The first-order valence-corrected chi connectivity index (χ1v) is 7.89. The maximum Gasteiger partial charge on any atom is 0.270 e. The van der Waals surface area contributed by atoms with Crippen molar-refractivity contribution in [3.63, 3.8) is 0 Å². The van der Waals surface area contributed by atoms with Crippen LogP contribution < -0.4 is 20.1 Å². The highest BCUT2D eigenvalue weighted by atomic mass is 16.5. The van der Waals surface area contributed by atoms with E-state index in [0.717, 1.165) is 0 Å². The first-order valence-electron chi connectivity index (χ1n) is 7.89. The Morgan fingerprint density at radius 3 is 2.40 bits per heavy atom. The fraction of sp³-hybridized carbons (Fsp3) is 0.389. The molecule has 0 spiro atoms. The zero-order valence-corrected chi connectivity index (χ0v) is 15.4. The van der Waals surface area contributed by atoms with Crippen LogP contribution in [-0.2, 0) is 0 Å². The zero-order chi connectivity index (χ0) is 18.6. The maximum absolute atomic E-state index is 12.4. The third-order valence-corrected chi connectivity index (χ3v) is 3.23. The molecule has 1 aromatic heterocycles. The Morgan fingerprint density at radius 1 is 1.08 bits per heavy atom. The third-order valence-electron chi connectivity index (χ3n) is 3.23. The molecule has 0 aliphatic rings. The first-order chi connectivity index (χ1) is 11.7. The molecule has 1 amide bonds. The summed E-state index contributed by atoms with van der Waals surface area (Å²) in [6.45, 7) is 7.56. The second-order valence-electron chi connectivity index (χ2n) is 6.61. The molecule has 0 aliphatic heterocycles. The number of nitrogens with zero attached hydrogens (tertiary/aromatic N) is 2. The number of carbonyl (C=O) groups excluding carboxylic acids is 1. The van der Waals surface area contributed by atoms with Crippen LogP contribution in [0, 0.1) is 6.92 Å². The number of methoxy groups -OCH3 is 2. The predicted molar refractivity (Wildman–Crippen MR) is 96.8 cm³/mol. The Labute approximate surface area is 147 Å². The van der Waals surface area contributed by atoms with Crippen LogP contribution >= 0.6 is 0 Å². The number of amides is 1. The van der Waals surface area contributed by atoms with E-state index < -0.39 is 0 Å². The van der Waals surface area contributed by atoms with Gasteiger partial charge in [-0.2, -0.15) is 0 Å². The van der Waals surface area contributed by atoms with Crippen LogP contribution in [0.1, 0.15) is 37.0 Å². The van der Waals surface area contributed by atoms with Gasteiger partial charge < -0.3 is 20.1 Å². The van der Waals surface area contributed by atoms with E-state index in [9.17, 15) is 4.79 Å². The molecule has 25 heavy (non-hydrogen) atoms. The van der Waals surface area contributed by atoms with Crippen molar-refractivity contribution in [3.8, 4) is 11.5 Å². The number of carbonyl (C=O) groups is 1. The summed E-state index contributed by atoms with van der Waals surface area (Å²) in [6.07, 6.45) is 0. The number of rotatable bonds is 5. The molecule has 0 atom stereocenters. The van der Waals surface area contributed by atoms with Gasteiger partial charge in [0.1, 0.15) is 17.2 Å². The smallest absolute Gasteiger partial charge is 0.270 e. The molecule has 2 N–H and O–H groups in total. The third kappa shape index (κ3) is 5.07. The molecule has 1 heterocycles. The second kappa shape index (κ2) is 7.38. The predicted octanol–water partition coefficient (Wildman–Crippen LogP) is 3.07. The van der Waals surface area contributed by atoms with Crippen molar-refractivity contribution in [1.29, 1.82) is 0 Å². The number of anilines is 2. The van der Waals surface area contributed by atoms with Crippen LogP contribution in [0.2, 0.25) is 0 Å². The highest BCUT2D eigenvalue weighted by Gasteiger charge is 2.18. The van der Waals surface area contributed by atoms with E-state index >= 15 is 0 Å². The largest absolute Gasteiger partial charge is 0.497 e. The first kappa shape index (κ1) is 18.5. The molecule has 7 heteroatoms. The molecular formula is C18H24N4O3. The number of ether oxygens (including phenoxy) is 2. The van der Waals surface area contributed by atoms with Crippen molar-refractivity contribution in [1.82, 2.24) is 15.3 Å². The Bertz CT molecular complexity index is 769. The fourth-order valence-electron chi connectivity index (χ4n) is 2.18. The standard InChI is InChI=1S/C18H24N4O3/c1-11-9-14(16(23)22-18(2,3)4)21-17(19-11)20-13-10-12(24-5)7-8-15(13)25-6/h7-10H,1-6H3,(H,22,23)(H,19,20,21). The lowest BCUT2D eigenvalue weighted by molar-refractivity contribution is 0.0914. The SMILES string of the molecule is COc1ccc(OC)c(Nc2nc(C)cc(C(=O)NC(C)(C)C)n2)c1. The molecule has 134 valence electrons. The summed E-state index contributed by atoms with van der Waals surface area (Å²) in [5.41, 5.74) is 1.28. The van der Waals surface area contributed by atoms with E-state index in [4.69, 9.17) is 9.47 Å². The zero-order valence-electron chi connectivity index (χ0n) is 15.4. The lowest BCUT2D eigenvalue weighted by Crippen LogP contribution is -2.41. The average Bonchev–Trinajstić information content (AvgIpc) is 2.52. The van der Waals surface area contributed by atoms with E-state index in [0.29, 0.717) is 34.5 Å². The second-order valence-corrected chi connectivity index (χ2v) is 6.61. The van der Waals surface area contributed by atoms with E-state index in [2.05, 4.69) is 20.6 Å². The lowest BCUT2D eigenvalue weighted by Gasteiger charge is -2.20. The minimum absolute atomic E-state index is 0.251. The molecule has 0 aliphatic carbocycles. The highest BCUT2D eigenvalue weighted by molar-refractivity contribution is 5.93. The summed E-state index contributed by atoms with van der Waals surface area (Å²) in [7, 11) is 3.16. The van der Waals surface area contributed by atoms with Gasteiger partial charge in [-0.25, -0.2) is 9.97 Å². The number of aromatic nitrogens is 2. The Morgan fingerprint density at radius 2 is 1.80 bits per heavy atom. The summed E-state index contributed by atoms with van der Waals surface area (Å²) in [4.78, 5) is 21.0. The molecule has 0 fully saturated rings. The summed E-state index contributed by atoms with van der Waals surface area (Å²) >= 11 is 0. The van der Waals surface area contributed by atoms with Crippen molar-refractivity contribution >= 4 is 17.5 Å².